The third-order valence-electron chi connectivity index (χ3n) is 3.30. The summed E-state index contributed by atoms with van der Waals surface area (Å²) in [7, 11) is 1.44. The lowest BCUT2D eigenvalue weighted by Crippen LogP contribution is -2.12. The molecule has 0 aliphatic carbocycles. The molecular formula is C18H18O5S. The van der Waals surface area contributed by atoms with E-state index in [9.17, 15) is 14.7 Å². The van der Waals surface area contributed by atoms with Crippen LogP contribution in [0.1, 0.15) is 25.7 Å². The van der Waals surface area contributed by atoms with Crippen LogP contribution in [0.15, 0.2) is 30.3 Å². The van der Waals surface area contributed by atoms with Gasteiger partial charge in [0.25, 0.3) is 0 Å². The van der Waals surface area contributed by atoms with Crippen molar-refractivity contribution in [3.63, 3.8) is 0 Å². The van der Waals surface area contributed by atoms with Crippen LogP contribution in [0.5, 0.6) is 11.5 Å². The van der Waals surface area contributed by atoms with Crippen molar-refractivity contribution in [3.05, 3.63) is 51.2 Å². The number of methoxy groups -OCH3 is 1. The summed E-state index contributed by atoms with van der Waals surface area (Å²) >= 11 is 1.54. The third kappa shape index (κ3) is 4.45. The van der Waals surface area contributed by atoms with Crippen LogP contribution in [0.2, 0.25) is 0 Å². The van der Waals surface area contributed by atoms with E-state index in [0.29, 0.717) is 16.9 Å². The van der Waals surface area contributed by atoms with Gasteiger partial charge in [-0.05, 0) is 43.7 Å². The molecule has 126 valence electrons. The number of carbonyl (C=O) groups is 2. The number of aryl methyl sites for hydroxylation is 2. The van der Waals surface area contributed by atoms with E-state index >= 15 is 0 Å². The molecule has 6 heteroatoms. The summed E-state index contributed by atoms with van der Waals surface area (Å²) in [6.07, 6.45) is 2.75. The number of phenolic OH excluding ortho intramolecular Hbond substituents is 1. The predicted octanol–water partition coefficient (Wildman–Crippen LogP) is 3.52. The SMILES string of the molecule is COc1cc(/C=C/C(=O)OCC(=O)c2cc(C)sc2C)ccc1O. The fourth-order valence-corrected chi connectivity index (χ4v) is 3.07. The number of carbonyl (C=O) groups excluding carboxylic acids is 2. The predicted molar refractivity (Wildman–Crippen MR) is 92.8 cm³/mol. The number of hydrogen-bond donors (Lipinski definition) is 1. The number of benzene rings is 1. The second kappa shape index (κ2) is 7.79. The first-order valence-electron chi connectivity index (χ1n) is 7.22. The smallest absolute Gasteiger partial charge is 0.331 e. The van der Waals surface area contributed by atoms with Crippen molar-refractivity contribution in [1.82, 2.24) is 0 Å². The van der Waals surface area contributed by atoms with Gasteiger partial charge in [-0.2, -0.15) is 0 Å². The van der Waals surface area contributed by atoms with Crippen molar-refractivity contribution < 1.29 is 24.2 Å². The molecule has 5 nitrogen and oxygen atoms in total. The lowest BCUT2D eigenvalue weighted by Gasteiger charge is -2.04. The van der Waals surface area contributed by atoms with Gasteiger partial charge in [0, 0.05) is 21.4 Å². The normalized spacial score (nSPS) is 10.8. The van der Waals surface area contributed by atoms with Crippen LogP contribution < -0.4 is 4.74 Å². The van der Waals surface area contributed by atoms with Gasteiger partial charge in [0.15, 0.2) is 18.1 Å². The van der Waals surface area contributed by atoms with Crippen molar-refractivity contribution in [2.75, 3.05) is 13.7 Å². The number of thiophene rings is 1. The summed E-state index contributed by atoms with van der Waals surface area (Å²) in [6.45, 7) is 3.50. The molecule has 2 aromatic rings. The van der Waals surface area contributed by atoms with Crippen LogP contribution >= 0.6 is 11.3 Å². The molecule has 1 N–H and O–H groups in total. The van der Waals surface area contributed by atoms with Crippen molar-refractivity contribution in [2.24, 2.45) is 0 Å². The van der Waals surface area contributed by atoms with Crippen LogP contribution in [-0.4, -0.2) is 30.6 Å². The molecule has 2 rings (SSSR count). The largest absolute Gasteiger partial charge is 0.504 e. The number of aromatic hydroxyl groups is 1. The number of rotatable bonds is 6. The molecule has 0 saturated carbocycles. The Morgan fingerprint density at radius 3 is 2.62 bits per heavy atom. The van der Waals surface area contributed by atoms with Crippen LogP contribution in [0.4, 0.5) is 0 Å². The second-order valence-corrected chi connectivity index (χ2v) is 6.58. The quantitative estimate of drug-likeness (QED) is 0.492. The zero-order chi connectivity index (χ0) is 17.7. The highest BCUT2D eigenvalue weighted by Crippen LogP contribution is 2.26. The van der Waals surface area contributed by atoms with Crippen LogP contribution in [0.25, 0.3) is 6.08 Å². The Balaban J connectivity index is 1.93. The minimum absolute atomic E-state index is 0.0178. The van der Waals surface area contributed by atoms with Gasteiger partial charge < -0.3 is 14.6 Å². The van der Waals surface area contributed by atoms with E-state index in [1.54, 1.807) is 18.2 Å². The highest BCUT2D eigenvalue weighted by molar-refractivity contribution is 7.12. The molecule has 0 fully saturated rings. The first-order chi connectivity index (χ1) is 11.4. The Morgan fingerprint density at radius 2 is 2.00 bits per heavy atom. The van der Waals surface area contributed by atoms with Crippen molar-refractivity contribution in [2.45, 2.75) is 13.8 Å². The molecule has 24 heavy (non-hydrogen) atoms. The van der Waals surface area contributed by atoms with Crippen LogP contribution in [0, 0.1) is 13.8 Å². The second-order valence-electron chi connectivity index (χ2n) is 5.12. The Morgan fingerprint density at radius 1 is 1.25 bits per heavy atom. The minimum Gasteiger partial charge on any atom is -0.504 e. The maximum atomic E-state index is 12.0. The Bertz CT molecular complexity index is 789. The molecule has 0 atom stereocenters. The summed E-state index contributed by atoms with van der Waals surface area (Å²) in [5, 5.41) is 9.51. The summed E-state index contributed by atoms with van der Waals surface area (Å²) in [5.41, 5.74) is 1.26. The van der Waals surface area contributed by atoms with Crippen LogP contribution in [0.3, 0.4) is 0 Å². The van der Waals surface area contributed by atoms with Crippen molar-refractivity contribution in [1.29, 1.82) is 0 Å². The fraction of sp³-hybridized carbons (Fsp3) is 0.222. The van der Waals surface area contributed by atoms with Crippen molar-refractivity contribution in [3.8, 4) is 11.5 Å². The molecule has 0 spiro atoms. The molecule has 0 amide bonds. The number of hydrogen-bond acceptors (Lipinski definition) is 6. The fourth-order valence-electron chi connectivity index (χ4n) is 2.13. The molecule has 0 aliphatic heterocycles. The maximum absolute atomic E-state index is 12.0. The monoisotopic (exact) mass is 346 g/mol. The maximum Gasteiger partial charge on any atom is 0.331 e. The van der Waals surface area contributed by atoms with E-state index in [1.807, 2.05) is 13.8 Å². The van der Waals surface area contributed by atoms with E-state index in [2.05, 4.69) is 0 Å². The van der Waals surface area contributed by atoms with E-state index < -0.39 is 5.97 Å². The summed E-state index contributed by atoms with van der Waals surface area (Å²) < 4.78 is 9.96. The van der Waals surface area contributed by atoms with E-state index in [-0.39, 0.29) is 18.1 Å². The van der Waals surface area contributed by atoms with Gasteiger partial charge in [-0.3, -0.25) is 4.79 Å². The topological polar surface area (TPSA) is 72.8 Å². The lowest BCUT2D eigenvalue weighted by atomic mass is 10.2. The molecular weight excluding hydrogens is 328 g/mol. The first-order valence-corrected chi connectivity index (χ1v) is 8.04. The number of phenols is 1. The number of esters is 1. The molecule has 0 bridgehead atoms. The van der Waals surface area contributed by atoms with Gasteiger partial charge in [-0.25, -0.2) is 4.79 Å². The van der Waals surface area contributed by atoms with Gasteiger partial charge >= 0.3 is 5.97 Å². The zero-order valence-electron chi connectivity index (χ0n) is 13.7. The third-order valence-corrected chi connectivity index (χ3v) is 4.27. The van der Waals surface area contributed by atoms with E-state index in [4.69, 9.17) is 9.47 Å². The molecule has 1 heterocycles. The van der Waals surface area contributed by atoms with Gasteiger partial charge in [0.05, 0.1) is 7.11 Å². The summed E-state index contributed by atoms with van der Waals surface area (Å²) in [6, 6.07) is 6.48. The van der Waals surface area contributed by atoms with Gasteiger partial charge in [-0.1, -0.05) is 6.07 Å². The summed E-state index contributed by atoms with van der Waals surface area (Å²) in [4.78, 5) is 25.7. The average Bonchev–Trinajstić information content (AvgIpc) is 2.90. The average molecular weight is 346 g/mol. The first kappa shape index (κ1) is 17.7. The highest BCUT2D eigenvalue weighted by atomic mass is 32.1. The van der Waals surface area contributed by atoms with Gasteiger partial charge in [-0.15, -0.1) is 11.3 Å². The van der Waals surface area contributed by atoms with E-state index in [1.165, 1.54) is 36.7 Å². The molecule has 0 radical (unpaired) electrons. The lowest BCUT2D eigenvalue weighted by molar-refractivity contribution is -0.136. The van der Waals surface area contributed by atoms with E-state index in [0.717, 1.165) is 9.75 Å². The molecule has 1 aromatic heterocycles. The Hall–Kier alpha value is -2.60. The zero-order valence-corrected chi connectivity index (χ0v) is 14.5. The molecule has 1 aromatic carbocycles. The van der Waals surface area contributed by atoms with Gasteiger partial charge in [0.2, 0.25) is 5.78 Å². The molecule has 0 aliphatic rings. The Labute approximate surface area is 144 Å². The van der Waals surface area contributed by atoms with Crippen molar-refractivity contribution >= 4 is 29.2 Å². The van der Waals surface area contributed by atoms with Crippen LogP contribution in [-0.2, 0) is 9.53 Å². The Kier molecular flexibility index (Phi) is 5.76. The molecule has 0 unspecified atom stereocenters. The number of Topliss-reactive ketones (excluding diaryl/α,β-unsaturated/α-hetero) is 1. The number of ketones is 1. The standard InChI is InChI=1S/C18H18O5S/c1-11-8-14(12(2)24-11)16(20)10-23-18(21)7-5-13-4-6-15(19)17(9-13)22-3/h4-9,19H,10H2,1-3H3/b7-5+. The minimum atomic E-state index is -0.611. The number of ether oxygens (including phenoxy) is 2. The summed E-state index contributed by atoms with van der Waals surface area (Å²) in [5.74, 6) is -0.502. The highest BCUT2D eigenvalue weighted by Gasteiger charge is 2.13. The molecule has 0 saturated heterocycles. The van der Waals surface area contributed by atoms with Gasteiger partial charge in [0.1, 0.15) is 0 Å².